The van der Waals surface area contributed by atoms with Gasteiger partial charge >= 0.3 is 0 Å². The molecule has 0 bridgehead atoms. The maximum absolute atomic E-state index is 13.9. The van der Waals surface area contributed by atoms with Crippen LogP contribution in [-0.2, 0) is 6.42 Å². The number of carbonyl (C=O) groups is 1. The van der Waals surface area contributed by atoms with E-state index in [-0.39, 0.29) is 23.8 Å². The third-order valence-electron chi connectivity index (χ3n) is 5.27. The summed E-state index contributed by atoms with van der Waals surface area (Å²) >= 11 is 0. The third-order valence-corrected chi connectivity index (χ3v) is 5.27. The van der Waals surface area contributed by atoms with E-state index in [0.717, 1.165) is 11.6 Å². The summed E-state index contributed by atoms with van der Waals surface area (Å²) in [6.45, 7) is 4.56. The minimum absolute atomic E-state index is 0.0600. The van der Waals surface area contributed by atoms with Crippen LogP contribution >= 0.6 is 0 Å². The standard InChI is InChI=1S/C20H23F3N4O/c1-11-10-25-12(2)26-19(11)20(28)27-5-3-13(4-6-27)18(24)8-14-7-16(22)17(23)9-15(14)21/h7,9-10,13,18H,3-6,8,24H2,1-2H3/t18-/m1/s1. The molecule has 1 aromatic carbocycles. The molecule has 28 heavy (non-hydrogen) atoms. The molecule has 1 aliphatic rings. The lowest BCUT2D eigenvalue weighted by molar-refractivity contribution is 0.0670. The van der Waals surface area contributed by atoms with Crippen LogP contribution in [0.15, 0.2) is 18.3 Å². The number of hydrogen-bond acceptors (Lipinski definition) is 4. The molecule has 2 N–H and O–H groups in total. The Bertz CT molecular complexity index is 882. The minimum atomic E-state index is -1.21. The number of carbonyl (C=O) groups excluding carboxylic acids is 1. The number of halogens is 3. The highest BCUT2D eigenvalue weighted by Gasteiger charge is 2.29. The van der Waals surface area contributed by atoms with Gasteiger partial charge in [-0.25, -0.2) is 23.1 Å². The highest BCUT2D eigenvalue weighted by Crippen LogP contribution is 2.25. The predicted octanol–water partition coefficient (Wildman–Crippen LogP) is 2.93. The third kappa shape index (κ3) is 4.32. The van der Waals surface area contributed by atoms with Gasteiger partial charge in [0.2, 0.25) is 0 Å². The van der Waals surface area contributed by atoms with E-state index in [2.05, 4.69) is 9.97 Å². The van der Waals surface area contributed by atoms with Gasteiger partial charge < -0.3 is 10.6 Å². The number of piperidine rings is 1. The van der Waals surface area contributed by atoms with E-state index in [1.165, 1.54) is 0 Å². The molecule has 0 spiro atoms. The summed E-state index contributed by atoms with van der Waals surface area (Å²) in [6.07, 6.45) is 3.06. The number of hydrogen-bond donors (Lipinski definition) is 1. The van der Waals surface area contributed by atoms with Crippen LogP contribution in [0.1, 0.15) is 40.3 Å². The molecule has 8 heteroatoms. The molecule has 1 aromatic heterocycles. The monoisotopic (exact) mass is 392 g/mol. The average molecular weight is 392 g/mol. The van der Waals surface area contributed by atoms with Crippen LogP contribution in [0.3, 0.4) is 0 Å². The molecule has 5 nitrogen and oxygen atoms in total. The fourth-order valence-electron chi connectivity index (χ4n) is 3.57. The Morgan fingerprint density at radius 2 is 1.82 bits per heavy atom. The van der Waals surface area contributed by atoms with Gasteiger partial charge in [0.05, 0.1) is 0 Å². The number of nitrogens with two attached hydrogens (primary N) is 1. The number of amides is 1. The van der Waals surface area contributed by atoms with Gasteiger partial charge in [-0.05, 0) is 56.2 Å². The summed E-state index contributed by atoms with van der Waals surface area (Å²) < 4.78 is 40.3. The molecule has 1 fully saturated rings. The Morgan fingerprint density at radius 1 is 1.18 bits per heavy atom. The number of likely N-dealkylation sites (tertiary alicyclic amines) is 1. The second-order valence-corrected chi connectivity index (χ2v) is 7.30. The summed E-state index contributed by atoms with van der Waals surface area (Å²) in [5, 5.41) is 0. The summed E-state index contributed by atoms with van der Waals surface area (Å²) in [7, 11) is 0. The summed E-state index contributed by atoms with van der Waals surface area (Å²) in [6, 6.07) is 1.01. The van der Waals surface area contributed by atoms with Crippen LogP contribution in [0.2, 0.25) is 0 Å². The van der Waals surface area contributed by atoms with Crippen LogP contribution in [0, 0.1) is 37.2 Å². The number of aryl methyl sites for hydroxylation is 2. The Morgan fingerprint density at radius 3 is 2.50 bits per heavy atom. The summed E-state index contributed by atoms with van der Waals surface area (Å²) in [5.74, 6) is -2.63. The van der Waals surface area contributed by atoms with Crippen molar-refractivity contribution < 1.29 is 18.0 Å². The van der Waals surface area contributed by atoms with Gasteiger partial charge in [0, 0.05) is 31.4 Å². The molecule has 1 amide bonds. The molecule has 0 aliphatic carbocycles. The van der Waals surface area contributed by atoms with Crippen molar-refractivity contribution in [3.63, 3.8) is 0 Å². The highest BCUT2D eigenvalue weighted by atomic mass is 19.2. The molecule has 1 saturated heterocycles. The lowest BCUT2D eigenvalue weighted by Gasteiger charge is -2.35. The molecule has 1 aliphatic heterocycles. The van der Waals surface area contributed by atoms with E-state index >= 15 is 0 Å². The van der Waals surface area contributed by atoms with Crippen LogP contribution in [0.25, 0.3) is 0 Å². The van der Waals surface area contributed by atoms with E-state index < -0.39 is 23.5 Å². The average Bonchev–Trinajstić information content (AvgIpc) is 2.67. The van der Waals surface area contributed by atoms with Crippen molar-refractivity contribution >= 4 is 5.91 Å². The first-order valence-electron chi connectivity index (χ1n) is 9.24. The molecule has 1 atom stereocenters. The van der Waals surface area contributed by atoms with Crippen molar-refractivity contribution in [2.75, 3.05) is 13.1 Å². The first-order chi connectivity index (χ1) is 13.3. The second-order valence-electron chi connectivity index (χ2n) is 7.30. The smallest absolute Gasteiger partial charge is 0.272 e. The van der Waals surface area contributed by atoms with E-state index in [1.807, 2.05) is 0 Å². The van der Waals surface area contributed by atoms with Gasteiger partial charge in [-0.15, -0.1) is 0 Å². The number of aromatic nitrogens is 2. The van der Waals surface area contributed by atoms with E-state index in [1.54, 1.807) is 24.9 Å². The maximum Gasteiger partial charge on any atom is 0.272 e. The second kappa shape index (κ2) is 8.26. The fourth-order valence-corrected chi connectivity index (χ4v) is 3.57. The molecule has 0 radical (unpaired) electrons. The topological polar surface area (TPSA) is 72.1 Å². The van der Waals surface area contributed by atoms with Crippen LogP contribution in [0.4, 0.5) is 13.2 Å². The van der Waals surface area contributed by atoms with Crippen LogP contribution < -0.4 is 5.73 Å². The first-order valence-corrected chi connectivity index (χ1v) is 9.24. The molecule has 0 unspecified atom stereocenters. The predicted molar refractivity (Wildman–Crippen MR) is 98.1 cm³/mol. The molecular formula is C20H23F3N4O. The van der Waals surface area contributed by atoms with Gasteiger partial charge in [0.15, 0.2) is 11.6 Å². The van der Waals surface area contributed by atoms with Crippen molar-refractivity contribution in [3.8, 4) is 0 Å². The van der Waals surface area contributed by atoms with E-state index in [9.17, 15) is 18.0 Å². The lowest BCUT2D eigenvalue weighted by atomic mass is 9.86. The SMILES string of the molecule is Cc1ncc(C)c(C(=O)N2CCC([C@H](N)Cc3cc(F)c(F)cc3F)CC2)n1. The Kier molecular flexibility index (Phi) is 5.98. The fraction of sp³-hybridized carbons (Fsp3) is 0.450. The molecule has 0 saturated carbocycles. The normalized spacial score (nSPS) is 16.3. The van der Waals surface area contributed by atoms with Crippen molar-refractivity contribution in [3.05, 3.63) is 58.4 Å². The summed E-state index contributed by atoms with van der Waals surface area (Å²) in [5.41, 5.74) is 7.40. The van der Waals surface area contributed by atoms with Crippen molar-refractivity contribution in [2.24, 2.45) is 11.7 Å². The Balaban J connectivity index is 1.61. The molecule has 150 valence electrons. The van der Waals surface area contributed by atoms with E-state index in [4.69, 9.17) is 5.73 Å². The molecule has 3 rings (SSSR count). The number of nitrogens with zero attached hydrogens (tertiary/aromatic N) is 3. The van der Waals surface area contributed by atoms with Crippen molar-refractivity contribution in [1.82, 2.24) is 14.9 Å². The van der Waals surface area contributed by atoms with Crippen molar-refractivity contribution in [2.45, 2.75) is 39.2 Å². The van der Waals surface area contributed by atoms with Gasteiger partial charge in [-0.2, -0.15) is 0 Å². The van der Waals surface area contributed by atoms with Crippen LogP contribution in [0.5, 0.6) is 0 Å². The first kappa shape index (κ1) is 20.3. The zero-order chi connectivity index (χ0) is 20.4. The number of benzene rings is 1. The zero-order valence-electron chi connectivity index (χ0n) is 15.9. The number of rotatable bonds is 4. The highest BCUT2D eigenvalue weighted by molar-refractivity contribution is 5.93. The maximum atomic E-state index is 13.9. The van der Waals surface area contributed by atoms with Gasteiger partial charge in [-0.3, -0.25) is 4.79 Å². The van der Waals surface area contributed by atoms with Gasteiger partial charge in [0.25, 0.3) is 5.91 Å². The van der Waals surface area contributed by atoms with Crippen molar-refractivity contribution in [1.29, 1.82) is 0 Å². The zero-order valence-corrected chi connectivity index (χ0v) is 15.9. The van der Waals surface area contributed by atoms with Gasteiger partial charge in [0.1, 0.15) is 17.3 Å². The minimum Gasteiger partial charge on any atom is -0.337 e. The lowest BCUT2D eigenvalue weighted by Crippen LogP contribution is -2.44. The summed E-state index contributed by atoms with van der Waals surface area (Å²) in [4.78, 5) is 22.8. The van der Waals surface area contributed by atoms with Crippen LogP contribution in [-0.4, -0.2) is 39.9 Å². The van der Waals surface area contributed by atoms with Gasteiger partial charge in [-0.1, -0.05) is 0 Å². The Hall–Kier alpha value is -2.48. The molecular weight excluding hydrogens is 369 g/mol. The Labute approximate surface area is 161 Å². The quantitative estimate of drug-likeness (QED) is 0.812. The molecule has 2 heterocycles. The van der Waals surface area contributed by atoms with E-state index in [0.29, 0.717) is 43.5 Å². The largest absolute Gasteiger partial charge is 0.337 e. The molecule has 2 aromatic rings.